The normalized spacial score (nSPS) is 12.5. The largest absolute Gasteiger partial charge is 0.416 e. The standard InChI is InChI=1S/C12H15NO.C11H13F3.C11H14N2.C11H13NS.3C9H13N.C8H14N2.C7H11NS/c1-12(2,3)9-5-4-8-6-11(14)13-10(8)7-9;1-10(2,3)8-5-4-6-9(7-8)11(12,13)14;2*1-11(2,3)10-12-8-6-4-5-7-9(8)13-10;1-9(2,3)8-4-6-10-7-5-8;1-9(2,3)8-5-4-6-10-7-8;1-9(2,3)8-6-4-5-7-10-8;1-6-5-7(10-9-6)8(2,3)4;1-7(2,3)6-8-4-5-9-6/h4-5,7H,6H2,1-3H3,(H,13,14);4-7H,1-3H3;4-7H,1-3H3,(H,12,13);4-7H,1-3H3;3*4-7H,1-3H3;5H,1-4H3,(H,9,10);4-5H,1-3H3. The van der Waals surface area contributed by atoms with Crippen LogP contribution < -0.4 is 5.32 Å². The number of aromatic nitrogens is 9. The summed E-state index contributed by atoms with van der Waals surface area (Å²) in [7, 11) is 0. The van der Waals surface area contributed by atoms with E-state index >= 15 is 0 Å². The SMILES string of the molecule is CC(C)(C)c1ccc2c(c1)NC(=O)C2.CC(C)(C)c1cccc(C(F)(F)F)c1.CC(C)(C)c1ccccn1.CC(C)(C)c1cccnc1.CC(C)(C)c1ccncc1.CC(C)(C)c1nc2ccccc2[nH]1.CC(C)(C)c1nc2ccccc2s1.CC(C)(C)c1nccs1.Cc1cc(C(C)(C)C)n[nH]1. The molecule has 12 rings (SSSR count). The van der Waals surface area contributed by atoms with Crippen molar-refractivity contribution in [3.05, 3.63) is 248 Å². The molecule has 11 nitrogen and oxygen atoms in total. The fraction of sp³-hybridized carbons (Fsp3) is 0.448. The van der Waals surface area contributed by atoms with Crippen molar-refractivity contribution in [3.8, 4) is 0 Å². The van der Waals surface area contributed by atoms with Gasteiger partial charge < -0.3 is 10.3 Å². The van der Waals surface area contributed by atoms with Crippen molar-refractivity contribution in [2.45, 2.75) is 255 Å². The lowest BCUT2D eigenvalue weighted by molar-refractivity contribution is -0.137. The molecule has 0 atom stereocenters. The smallest absolute Gasteiger partial charge is 0.342 e. The van der Waals surface area contributed by atoms with Gasteiger partial charge in [0.1, 0.15) is 5.82 Å². The third-order valence-corrected chi connectivity index (χ3v) is 18.4. The second-order valence-electron chi connectivity index (χ2n) is 35.0. The molecule has 0 spiro atoms. The summed E-state index contributed by atoms with van der Waals surface area (Å²) in [6.45, 7) is 59.9. The van der Waals surface area contributed by atoms with Gasteiger partial charge in [-0.25, -0.2) is 15.0 Å². The van der Waals surface area contributed by atoms with Crippen molar-refractivity contribution in [1.82, 2.24) is 45.1 Å². The Kier molecular flexibility index (Phi) is 30.9. The number of rotatable bonds is 0. The van der Waals surface area contributed by atoms with E-state index in [2.05, 4.69) is 283 Å². The third-order valence-electron chi connectivity index (χ3n) is 15.7. The molecule has 0 radical (unpaired) electrons. The van der Waals surface area contributed by atoms with Gasteiger partial charge in [0.05, 0.1) is 48.9 Å². The number of H-pyrrole nitrogens is 2. The number of hydrogen-bond acceptors (Lipinski definition) is 10. The topological polar surface area (TPSA) is 151 Å². The number of aromatic amines is 2. The molecule has 8 heterocycles. The predicted octanol–water partition coefficient (Wildman–Crippen LogP) is 24.5. The molecule has 1 aliphatic rings. The fourth-order valence-electron chi connectivity index (χ4n) is 9.20. The zero-order valence-electron chi connectivity index (χ0n) is 67.0. The molecule has 556 valence electrons. The van der Waals surface area contributed by atoms with E-state index in [1.807, 2.05) is 113 Å². The van der Waals surface area contributed by atoms with E-state index in [-0.39, 0.29) is 54.6 Å². The third kappa shape index (κ3) is 30.6. The molecule has 0 aliphatic carbocycles. The first kappa shape index (κ1) is 87.2. The lowest BCUT2D eigenvalue weighted by atomic mass is 9.86. The maximum absolute atomic E-state index is 12.4. The first-order valence-electron chi connectivity index (χ1n) is 35.3. The number of alkyl halides is 3. The van der Waals surface area contributed by atoms with Gasteiger partial charge in [-0.05, 0) is 129 Å². The molecule has 0 saturated carbocycles. The number of para-hydroxylation sites is 3. The van der Waals surface area contributed by atoms with Gasteiger partial charge in [-0.15, -0.1) is 22.7 Å². The van der Waals surface area contributed by atoms with Crippen molar-refractivity contribution in [2.75, 3.05) is 5.32 Å². The molecule has 1 aliphatic heterocycles. The number of thiazole rings is 2. The van der Waals surface area contributed by atoms with Crippen molar-refractivity contribution in [3.63, 3.8) is 0 Å². The van der Waals surface area contributed by atoms with E-state index < -0.39 is 11.7 Å². The van der Waals surface area contributed by atoms with Gasteiger partial charge in [0.15, 0.2) is 0 Å². The van der Waals surface area contributed by atoms with E-state index in [1.165, 1.54) is 43.5 Å². The number of carbonyl (C=O) groups is 1. The van der Waals surface area contributed by atoms with Crippen LogP contribution in [0.2, 0.25) is 0 Å². The molecule has 16 heteroatoms. The van der Waals surface area contributed by atoms with Gasteiger partial charge in [-0.1, -0.05) is 254 Å². The fourth-order valence-corrected chi connectivity index (χ4v) is 11.0. The number of imidazole rings is 1. The summed E-state index contributed by atoms with van der Waals surface area (Å²) in [4.78, 5) is 40.1. The molecule has 0 unspecified atom stereocenters. The molecule has 0 fully saturated rings. The Morgan fingerprint density at radius 1 is 0.417 bits per heavy atom. The number of aryl methyl sites for hydroxylation is 1. The molecule has 7 aromatic heterocycles. The number of nitrogens with zero attached hydrogens (tertiary/aromatic N) is 7. The Morgan fingerprint density at radius 2 is 0.961 bits per heavy atom. The van der Waals surface area contributed by atoms with E-state index in [4.69, 9.17) is 0 Å². The maximum atomic E-state index is 12.4. The molecule has 4 aromatic carbocycles. The number of benzene rings is 4. The van der Waals surface area contributed by atoms with Crippen LogP contribution in [0.3, 0.4) is 0 Å². The summed E-state index contributed by atoms with van der Waals surface area (Å²) in [6, 6.07) is 44.4. The number of hydrogen-bond donors (Lipinski definition) is 3. The minimum atomic E-state index is -4.25. The van der Waals surface area contributed by atoms with Crippen LogP contribution in [0.1, 0.15) is 253 Å². The highest BCUT2D eigenvalue weighted by atomic mass is 32.1. The first-order chi connectivity index (χ1) is 47.2. The summed E-state index contributed by atoms with van der Waals surface area (Å²) < 4.78 is 38.4. The first-order valence-corrected chi connectivity index (χ1v) is 37.0. The quantitative estimate of drug-likeness (QED) is 0.136. The van der Waals surface area contributed by atoms with Crippen molar-refractivity contribution in [1.29, 1.82) is 0 Å². The van der Waals surface area contributed by atoms with Crippen molar-refractivity contribution in [2.24, 2.45) is 0 Å². The Labute approximate surface area is 623 Å². The number of fused-ring (bicyclic) bond motifs is 3. The highest BCUT2D eigenvalue weighted by Crippen LogP contribution is 2.35. The van der Waals surface area contributed by atoms with Crippen LogP contribution in [0.5, 0.6) is 0 Å². The number of amides is 1. The predicted molar refractivity (Wildman–Crippen MR) is 432 cm³/mol. The minimum absolute atomic E-state index is 0.0962. The Balaban J connectivity index is 0.000000247. The van der Waals surface area contributed by atoms with Crippen LogP contribution >= 0.6 is 22.7 Å². The van der Waals surface area contributed by atoms with Gasteiger partial charge in [-0.3, -0.25) is 24.8 Å². The molecule has 3 N–H and O–H groups in total. The Bertz CT molecular complexity index is 3990. The monoisotopic (exact) mass is 1440 g/mol. The minimum Gasteiger partial charge on any atom is -0.342 e. The summed E-state index contributed by atoms with van der Waals surface area (Å²) >= 11 is 3.51. The molecule has 11 aromatic rings. The van der Waals surface area contributed by atoms with Gasteiger partial charge in [-0.2, -0.15) is 18.3 Å². The van der Waals surface area contributed by atoms with Crippen LogP contribution in [-0.4, -0.2) is 51.0 Å². The highest BCUT2D eigenvalue weighted by molar-refractivity contribution is 7.18. The van der Waals surface area contributed by atoms with Gasteiger partial charge in [0, 0.05) is 86.7 Å². The second-order valence-corrected chi connectivity index (χ2v) is 36.9. The number of pyridine rings is 3. The van der Waals surface area contributed by atoms with Crippen LogP contribution in [-0.2, 0) is 66.1 Å². The van der Waals surface area contributed by atoms with E-state index in [9.17, 15) is 18.0 Å². The molecular formula is C87H119F3N10OS2. The zero-order chi connectivity index (χ0) is 77.8. The molecule has 0 bridgehead atoms. The van der Waals surface area contributed by atoms with Crippen LogP contribution in [0, 0.1) is 6.92 Å². The Morgan fingerprint density at radius 3 is 1.38 bits per heavy atom. The molecular weight excluding hydrogens is 1320 g/mol. The van der Waals surface area contributed by atoms with E-state index in [0.717, 1.165) is 56.8 Å². The Hall–Kier alpha value is -8.21. The van der Waals surface area contributed by atoms with Gasteiger partial charge >= 0.3 is 6.18 Å². The summed E-state index contributed by atoms with van der Waals surface area (Å²) in [5.74, 6) is 1.15. The molecule has 1 amide bonds. The van der Waals surface area contributed by atoms with Crippen molar-refractivity contribution < 1.29 is 18.0 Å². The van der Waals surface area contributed by atoms with Crippen LogP contribution in [0.25, 0.3) is 21.3 Å². The summed E-state index contributed by atoms with van der Waals surface area (Å²) in [5, 5.41) is 14.4. The zero-order valence-corrected chi connectivity index (χ0v) is 68.6. The highest BCUT2D eigenvalue weighted by Gasteiger charge is 2.32. The number of carbonyl (C=O) groups excluding carboxylic acids is 1. The summed E-state index contributed by atoms with van der Waals surface area (Å²) in [5.41, 5.74) is 14.0. The molecule has 0 saturated heterocycles. The maximum Gasteiger partial charge on any atom is 0.416 e. The average molecular weight is 1440 g/mol. The van der Waals surface area contributed by atoms with Crippen molar-refractivity contribution >= 4 is 55.5 Å². The van der Waals surface area contributed by atoms with Gasteiger partial charge in [0.25, 0.3) is 0 Å². The number of anilines is 1. The number of nitrogens with one attached hydrogen (secondary N) is 3. The average Bonchev–Trinajstić information content (AvgIpc) is 1.74. The molecule has 103 heavy (non-hydrogen) atoms. The summed E-state index contributed by atoms with van der Waals surface area (Å²) in [6.07, 6.45) is 7.35. The van der Waals surface area contributed by atoms with E-state index in [0.29, 0.717) is 12.0 Å². The number of halogens is 3. The lowest BCUT2D eigenvalue weighted by Crippen LogP contribution is -2.13. The van der Waals surface area contributed by atoms with Gasteiger partial charge in [0.2, 0.25) is 5.91 Å². The van der Waals surface area contributed by atoms with E-state index in [1.54, 1.807) is 34.9 Å². The van der Waals surface area contributed by atoms with Crippen LogP contribution in [0.15, 0.2) is 182 Å². The lowest BCUT2D eigenvalue weighted by Gasteiger charge is -2.20. The second kappa shape index (κ2) is 36.5. The van der Waals surface area contributed by atoms with Crippen LogP contribution in [0.4, 0.5) is 18.9 Å².